The molecule has 1 atom stereocenters. The van der Waals surface area contributed by atoms with Gasteiger partial charge in [-0.25, -0.2) is 4.79 Å². The molecule has 18 heavy (non-hydrogen) atoms. The van der Waals surface area contributed by atoms with Crippen LogP contribution >= 0.6 is 0 Å². The lowest BCUT2D eigenvalue weighted by molar-refractivity contribution is -0.384. The van der Waals surface area contributed by atoms with Crippen molar-refractivity contribution >= 4 is 17.3 Å². The minimum atomic E-state index is -0.694. The van der Waals surface area contributed by atoms with Gasteiger partial charge in [0, 0.05) is 12.1 Å². The number of hydrogen-bond acceptors (Lipinski definition) is 6. The minimum Gasteiger partial charge on any atom is -0.497 e. The lowest BCUT2D eigenvalue weighted by Gasteiger charge is -2.13. The summed E-state index contributed by atoms with van der Waals surface area (Å²) >= 11 is 0. The number of esters is 1. The predicted molar refractivity (Wildman–Crippen MR) is 64.7 cm³/mol. The molecule has 0 aliphatic carbocycles. The molecule has 7 heteroatoms. The molecule has 0 saturated heterocycles. The number of benzene rings is 1. The molecular weight excluding hydrogens is 240 g/mol. The zero-order chi connectivity index (χ0) is 13.7. The largest absolute Gasteiger partial charge is 0.497 e. The van der Waals surface area contributed by atoms with E-state index in [-0.39, 0.29) is 11.4 Å². The van der Waals surface area contributed by atoms with Crippen molar-refractivity contribution in [2.24, 2.45) is 0 Å². The minimum absolute atomic E-state index is 0.133. The number of nitro benzene ring substituents is 1. The third-order valence-electron chi connectivity index (χ3n) is 2.33. The fourth-order valence-corrected chi connectivity index (χ4v) is 1.39. The van der Waals surface area contributed by atoms with E-state index in [2.05, 4.69) is 10.1 Å². The number of anilines is 1. The van der Waals surface area contributed by atoms with Gasteiger partial charge in [-0.1, -0.05) is 0 Å². The number of nitrogens with one attached hydrogen (secondary N) is 1. The van der Waals surface area contributed by atoms with Crippen LogP contribution in [0.2, 0.25) is 0 Å². The molecular formula is C11H14N2O5. The second-order valence-electron chi connectivity index (χ2n) is 3.53. The molecule has 0 spiro atoms. The van der Waals surface area contributed by atoms with Gasteiger partial charge in [-0.2, -0.15) is 0 Å². The maximum absolute atomic E-state index is 11.3. The van der Waals surface area contributed by atoms with Crippen LogP contribution < -0.4 is 10.1 Å². The quantitative estimate of drug-likeness (QED) is 0.487. The summed E-state index contributed by atoms with van der Waals surface area (Å²) in [6, 6.07) is 3.55. The first-order valence-corrected chi connectivity index (χ1v) is 5.16. The summed E-state index contributed by atoms with van der Waals surface area (Å²) in [5.74, 6) is -0.0488. The summed E-state index contributed by atoms with van der Waals surface area (Å²) in [7, 11) is 2.70. The molecule has 1 aromatic rings. The SMILES string of the molecule is COC(=O)[C@H](C)Nc1cc(OC)ccc1[N+](=O)[O-]. The molecule has 7 nitrogen and oxygen atoms in total. The van der Waals surface area contributed by atoms with Gasteiger partial charge in [0.15, 0.2) is 0 Å². The van der Waals surface area contributed by atoms with Crippen molar-refractivity contribution in [3.63, 3.8) is 0 Å². The van der Waals surface area contributed by atoms with E-state index in [1.807, 2.05) is 0 Å². The summed E-state index contributed by atoms with van der Waals surface area (Å²) in [6.07, 6.45) is 0. The van der Waals surface area contributed by atoms with Gasteiger partial charge in [-0.05, 0) is 13.0 Å². The first-order chi connectivity index (χ1) is 8.49. The van der Waals surface area contributed by atoms with Gasteiger partial charge in [0.25, 0.3) is 5.69 Å². The van der Waals surface area contributed by atoms with Gasteiger partial charge in [-0.3, -0.25) is 10.1 Å². The summed E-state index contributed by atoms with van der Waals surface area (Å²) in [5, 5.41) is 13.6. The summed E-state index contributed by atoms with van der Waals surface area (Å²) in [5.41, 5.74) is 0.0730. The number of carbonyl (C=O) groups is 1. The molecule has 0 bridgehead atoms. The highest BCUT2D eigenvalue weighted by Crippen LogP contribution is 2.29. The molecule has 0 aliphatic rings. The molecule has 0 fully saturated rings. The summed E-state index contributed by atoms with van der Waals surface area (Å²) < 4.78 is 9.52. The first-order valence-electron chi connectivity index (χ1n) is 5.16. The van der Waals surface area contributed by atoms with Crippen molar-refractivity contribution in [3.8, 4) is 5.75 Å². The summed E-state index contributed by atoms with van der Waals surface area (Å²) in [6.45, 7) is 1.55. The zero-order valence-corrected chi connectivity index (χ0v) is 10.3. The van der Waals surface area contributed by atoms with Crippen molar-refractivity contribution in [3.05, 3.63) is 28.3 Å². The Morgan fingerprint density at radius 1 is 1.44 bits per heavy atom. The van der Waals surface area contributed by atoms with Crippen LogP contribution in [0.4, 0.5) is 11.4 Å². The Kier molecular flexibility index (Phi) is 4.47. The Bertz CT molecular complexity index is 461. The Morgan fingerprint density at radius 2 is 2.11 bits per heavy atom. The highest BCUT2D eigenvalue weighted by Gasteiger charge is 2.19. The van der Waals surface area contributed by atoms with Crippen LogP contribution in [-0.4, -0.2) is 31.2 Å². The predicted octanol–water partition coefficient (Wildman–Crippen LogP) is 1.58. The van der Waals surface area contributed by atoms with Gasteiger partial charge in [0.2, 0.25) is 0 Å². The molecule has 1 N–H and O–H groups in total. The normalized spacial score (nSPS) is 11.5. The highest BCUT2D eigenvalue weighted by molar-refractivity contribution is 5.80. The van der Waals surface area contributed by atoms with Gasteiger partial charge < -0.3 is 14.8 Å². The number of nitro groups is 1. The van der Waals surface area contributed by atoms with Gasteiger partial charge in [0.1, 0.15) is 17.5 Å². The molecule has 1 aromatic carbocycles. The average Bonchev–Trinajstić information content (AvgIpc) is 2.37. The third-order valence-corrected chi connectivity index (χ3v) is 2.33. The zero-order valence-electron chi connectivity index (χ0n) is 10.3. The van der Waals surface area contributed by atoms with E-state index < -0.39 is 16.9 Å². The maximum Gasteiger partial charge on any atom is 0.327 e. The number of methoxy groups -OCH3 is 2. The first kappa shape index (κ1) is 13.8. The van der Waals surface area contributed by atoms with Crippen LogP contribution in [0.1, 0.15) is 6.92 Å². The molecule has 0 saturated carbocycles. The van der Waals surface area contributed by atoms with E-state index in [0.29, 0.717) is 5.75 Å². The van der Waals surface area contributed by atoms with Crippen molar-refractivity contribution in [2.75, 3.05) is 19.5 Å². The van der Waals surface area contributed by atoms with Crippen molar-refractivity contribution in [2.45, 2.75) is 13.0 Å². The van der Waals surface area contributed by atoms with E-state index in [0.717, 1.165) is 0 Å². The van der Waals surface area contributed by atoms with Gasteiger partial charge >= 0.3 is 5.97 Å². The smallest absolute Gasteiger partial charge is 0.327 e. The standard InChI is InChI=1S/C11H14N2O5/c1-7(11(14)18-3)12-9-6-8(17-2)4-5-10(9)13(15)16/h4-7,12H,1-3H3/t7-/m0/s1. The van der Waals surface area contributed by atoms with Crippen LogP contribution in [-0.2, 0) is 9.53 Å². The van der Waals surface area contributed by atoms with Crippen LogP contribution in [0.3, 0.4) is 0 Å². The molecule has 98 valence electrons. The van der Waals surface area contributed by atoms with Gasteiger partial charge in [-0.15, -0.1) is 0 Å². The second kappa shape index (κ2) is 5.85. The lowest BCUT2D eigenvalue weighted by atomic mass is 10.2. The van der Waals surface area contributed by atoms with E-state index in [4.69, 9.17) is 4.74 Å². The molecule has 0 heterocycles. The Morgan fingerprint density at radius 3 is 2.61 bits per heavy atom. The number of carbonyl (C=O) groups excluding carboxylic acids is 1. The van der Waals surface area contributed by atoms with Crippen LogP contribution in [0.5, 0.6) is 5.75 Å². The van der Waals surface area contributed by atoms with Crippen molar-refractivity contribution < 1.29 is 19.2 Å². The molecule has 0 unspecified atom stereocenters. The van der Waals surface area contributed by atoms with E-state index >= 15 is 0 Å². The molecule has 0 amide bonds. The number of rotatable bonds is 5. The van der Waals surface area contributed by atoms with Crippen LogP contribution in [0.25, 0.3) is 0 Å². The highest BCUT2D eigenvalue weighted by atomic mass is 16.6. The van der Waals surface area contributed by atoms with Gasteiger partial charge in [0.05, 0.1) is 19.1 Å². The number of hydrogen-bond donors (Lipinski definition) is 1. The fourth-order valence-electron chi connectivity index (χ4n) is 1.39. The van der Waals surface area contributed by atoms with E-state index in [1.165, 1.54) is 32.4 Å². The lowest BCUT2D eigenvalue weighted by Crippen LogP contribution is -2.27. The Hall–Kier alpha value is -2.31. The average molecular weight is 254 g/mol. The van der Waals surface area contributed by atoms with Crippen molar-refractivity contribution in [1.82, 2.24) is 0 Å². The Balaban J connectivity index is 3.04. The van der Waals surface area contributed by atoms with E-state index in [9.17, 15) is 14.9 Å². The topological polar surface area (TPSA) is 90.7 Å². The van der Waals surface area contributed by atoms with Crippen molar-refractivity contribution in [1.29, 1.82) is 0 Å². The molecule has 0 radical (unpaired) electrons. The molecule has 1 rings (SSSR count). The third kappa shape index (κ3) is 3.09. The number of nitrogens with zero attached hydrogens (tertiary/aromatic N) is 1. The Labute approximate surface area is 104 Å². The van der Waals surface area contributed by atoms with E-state index in [1.54, 1.807) is 6.92 Å². The molecule has 0 aliphatic heterocycles. The van der Waals surface area contributed by atoms with Crippen LogP contribution in [0.15, 0.2) is 18.2 Å². The number of ether oxygens (including phenoxy) is 2. The molecule has 0 aromatic heterocycles. The summed E-state index contributed by atoms with van der Waals surface area (Å²) in [4.78, 5) is 21.6. The van der Waals surface area contributed by atoms with Crippen LogP contribution in [0, 0.1) is 10.1 Å². The fraction of sp³-hybridized carbons (Fsp3) is 0.364. The monoisotopic (exact) mass is 254 g/mol. The maximum atomic E-state index is 11.3. The second-order valence-corrected chi connectivity index (χ2v) is 3.53.